The lowest BCUT2D eigenvalue weighted by Gasteiger charge is -2.16. The van der Waals surface area contributed by atoms with Gasteiger partial charge in [0.1, 0.15) is 0 Å². The average Bonchev–Trinajstić information content (AvgIpc) is 3.23. The number of hydrogen-bond acceptors (Lipinski definition) is 3. The summed E-state index contributed by atoms with van der Waals surface area (Å²) in [7, 11) is 0. The van der Waals surface area contributed by atoms with E-state index in [1.165, 1.54) is 31.7 Å². The number of nitro groups is 1. The van der Waals surface area contributed by atoms with Crippen LogP contribution < -0.4 is 5.32 Å². The fourth-order valence-corrected chi connectivity index (χ4v) is 2.73. The van der Waals surface area contributed by atoms with E-state index in [0.29, 0.717) is 0 Å². The highest BCUT2D eigenvalue weighted by molar-refractivity contribution is 5.50. The van der Waals surface area contributed by atoms with E-state index in [1.807, 2.05) is 6.07 Å². The van der Waals surface area contributed by atoms with Crippen LogP contribution in [-0.4, -0.2) is 11.5 Å². The molecule has 1 N–H and O–H groups in total. The second kappa shape index (κ2) is 4.59. The van der Waals surface area contributed by atoms with Gasteiger partial charge in [-0.25, -0.2) is 0 Å². The predicted molar refractivity (Wildman–Crippen MR) is 70.5 cm³/mol. The first-order valence-electron chi connectivity index (χ1n) is 6.72. The maximum Gasteiger partial charge on any atom is 0.271 e. The third-order valence-corrected chi connectivity index (χ3v) is 4.05. The van der Waals surface area contributed by atoms with Crippen LogP contribution >= 0.6 is 0 Å². The summed E-state index contributed by atoms with van der Waals surface area (Å²) >= 11 is 0. The number of nitrogens with one attached hydrogen (secondary N) is 1. The molecule has 0 bridgehead atoms. The molecule has 1 aromatic carbocycles. The zero-order valence-electron chi connectivity index (χ0n) is 10.3. The number of nitrogens with zero attached hydrogens (tertiary/aromatic N) is 1. The molecule has 4 heteroatoms. The van der Waals surface area contributed by atoms with Gasteiger partial charge in [-0.2, -0.15) is 0 Å². The minimum absolute atomic E-state index is 0.161. The Morgan fingerprint density at radius 3 is 2.50 bits per heavy atom. The van der Waals surface area contributed by atoms with Gasteiger partial charge in [-0.05, 0) is 49.5 Å². The lowest BCUT2D eigenvalue weighted by Crippen LogP contribution is -2.18. The fraction of sp³-hybridized carbons (Fsp3) is 0.571. The van der Waals surface area contributed by atoms with Crippen LogP contribution in [-0.2, 0) is 0 Å². The van der Waals surface area contributed by atoms with Crippen molar-refractivity contribution >= 4 is 11.4 Å². The second-order valence-corrected chi connectivity index (χ2v) is 5.53. The van der Waals surface area contributed by atoms with E-state index in [9.17, 15) is 10.1 Å². The van der Waals surface area contributed by atoms with E-state index in [0.717, 1.165) is 30.0 Å². The highest BCUT2D eigenvalue weighted by atomic mass is 16.6. The van der Waals surface area contributed by atoms with Crippen molar-refractivity contribution in [3.05, 3.63) is 34.4 Å². The van der Waals surface area contributed by atoms with Crippen molar-refractivity contribution in [3.8, 4) is 0 Å². The van der Waals surface area contributed by atoms with Gasteiger partial charge < -0.3 is 5.32 Å². The van der Waals surface area contributed by atoms with Crippen LogP contribution in [0.4, 0.5) is 11.4 Å². The highest BCUT2D eigenvalue weighted by Crippen LogP contribution is 2.49. The molecule has 1 aromatic rings. The van der Waals surface area contributed by atoms with Crippen LogP contribution in [0.3, 0.4) is 0 Å². The zero-order valence-corrected chi connectivity index (χ0v) is 10.3. The standard InChI is InChI=1S/C14H18N2O2/c17-16(18)13-3-1-2-12(8-13)15-9-14(10-4-5-10)11-6-7-11/h1-3,8,10-11,14-15H,4-7,9H2. The lowest BCUT2D eigenvalue weighted by molar-refractivity contribution is -0.384. The van der Waals surface area contributed by atoms with Crippen LogP contribution in [0.1, 0.15) is 25.7 Å². The van der Waals surface area contributed by atoms with Gasteiger partial charge in [-0.15, -0.1) is 0 Å². The number of anilines is 1. The first-order valence-corrected chi connectivity index (χ1v) is 6.72. The van der Waals surface area contributed by atoms with Crippen molar-refractivity contribution in [3.63, 3.8) is 0 Å². The maximum atomic E-state index is 10.7. The molecule has 0 amide bonds. The minimum atomic E-state index is -0.343. The van der Waals surface area contributed by atoms with Crippen molar-refractivity contribution in [1.29, 1.82) is 0 Å². The summed E-state index contributed by atoms with van der Waals surface area (Å²) in [5.41, 5.74) is 1.03. The summed E-state index contributed by atoms with van der Waals surface area (Å²) in [5, 5.41) is 14.1. The molecule has 0 unspecified atom stereocenters. The van der Waals surface area contributed by atoms with Gasteiger partial charge in [0, 0.05) is 24.4 Å². The number of rotatable bonds is 6. The van der Waals surface area contributed by atoms with Crippen LogP contribution in [0.15, 0.2) is 24.3 Å². The average molecular weight is 246 g/mol. The lowest BCUT2D eigenvalue weighted by atomic mass is 9.98. The van der Waals surface area contributed by atoms with Crippen molar-refractivity contribution in [2.24, 2.45) is 17.8 Å². The summed E-state index contributed by atoms with van der Waals surface area (Å²) in [6.07, 6.45) is 5.49. The van der Waals surface area contributed by atoms with Crippen LogP contribution in [0.2, 0.25) is 0 Å². The molecule has 4 nitrogen and oxygen atoms in total. The second-order valence-electron chi connectivity index (χ2n) is 5.53. The molecule has 0 aromatic heterocycles. The molecule has 0 atom stereocenters. The normalized spacial score (nSPS) is 18.9. The molecule has 96 valence electrons. The van der Waals surface area contributed by atoms with Gasteiger partial charge in [0.15, 0.2) is 0 Å². The van der Waals surface area contributed by atoms with E-state index >= 15 is 0 Å². The van der Waals surface area contributed by atoms with Crippen molar-refractivity contribution in [2.45, 2.75) is 25.7 Å². The number of nitro benzene ring substituents is 1. The van der Waals surface area contributed by atoms with Crippen molar-refractivity contribution < 1.29 is 4.92 Å². The number of non-ortho nitro benzene ring substituents is 1. The molecule has 0 radical (unpaired) electrons. The molecule has 0 heterocycles. The molecule has 3 rings (SSSR count). The summed E-state index contributed by atoms with van der Waals surface area (Å²) in [4.78, 5) is 10.4. The number of hydrogen-bond donors (Lipinski definition) is 1. The Balaban J connectivity index is 1.61. The maximum absolute atomic E-state index is 10.7. The Morgan fingerprint density at radius 1 is 1.28 bits per heavy atom. The molecular formula is C14H18N2O2. The summed E-state index contributed by atoms with van der Waals surface area (Å²) in [5.74, 6) is 2.59. The minimum Gasteiger partial charge on any atom is -0.385 e. The Hall–Kier alpha value is -1.58. The topological polar surface area (TPSA) is 55.2 Å². The van der Waals surface area contributed by atoms with E-state index in [2.05, 4.69) is 5.32 Å². The van der Waals surface area contributed by atoms with Gasteiger partial charge in [-0.1, -0.05) is 6.07 Å². The molecule has 0 spiro atoms. The molecule has 2 aliphatic carbocycles. The molecule has 18 heavy (non-hydrogen) atoms. The van der Waals surface area contributed by atoms with Gasteiger partial charge in [0.2, 0.25) is 0 Å². The first-order chi connectivity index (χ1) is 8.74. The molecule has 2 saturated carbocycles. The first kappa shape index (κ1) is 11.5. The van der Waals surface area contributed by atoms with E-state index < -0.39 is 0 Å². The highest BCUT2D eigenvalue weighted by Gasteiger charge is 2.40. The quantitative estimate of drug-likeness (QED) is 0.618. The van der Waals surface area contributed by atoms with Crippen LogP contribution in [0.5, 0.6) is 0 Å². The van der Waals surface area contributed by atoms with Crippen molar-refractivity contribution in [2.75, 3.05) is 11.9 Å². The number of benzene rings is 1. The third kappa shape index (κ3) is 2.63. The molecular weight excluding hydrogens is 228 g/mol. The molecule has 2 fully saturated rings. The Morgan fingerprint density at radius 2 is 1.94 bits per heavy atom. The summed E-state index contributed by atoms with van der Waals surface area (Å²) in [6, 6.07) is 6.80. The predicted octanol–water partition coefficient (Wildman–Crippen LogP) is 3.44. The van der Waals surface area contributed by atoms with Crippen LogP contribution in [0.25, 0.3) is 0 Å². The molecule has 2 aliphatic rings. The largest absolute Gasteiger partial charge is 0.385 e. The van der Waals surface area contributed by atoms with Gasteiger partial charge >= 0.3 is 0 Å². The zero-order chi connectivity index (χ0) is 12.5. The monoisotopic (exact) mass is 246 g/mol. The smallest absolute Gasteiger partial charge is 0.271 e. The van der Waals surface area contributed by atoms with Gasteiger partial charge in [0.25, 0.3) is 5.69 Å². The van der Waals surface area contributed by atoms with Gasteiger partial charge in [-0.3, -0.25) is 10.1 Å². The Labute approximate surface area is 107 Å². The SMILES string of the molecule is O=[N+]([O-])c1cccc(NCC(C2CC2)C2CC2)c1. The van der Waals surface area contributed by atoms with E-state index in [4.69, 9.17) is 0 Å². The van der Waals surface area contributed by atoms with Crippen molar-refractivity contribution in [1.82, 2.24) is 0 Å². The van der Waals surface area contributed by atoms with Crippen LogP contribution in [0, 0.1) is 27.9 Å². The molecule has 0 saturated heterocycles. The third-order valence-electron chi connectivity index (χ3n) is 4.05. The van der Waals surface area contributed by atoms with E-state index in [1.54, 1.807) is 12.1 Å². The molecule has 0 aliphatic heterocycles. The van der Waals surface area contributed by atoms with E-state index in [-0.39, 0.29) is 10.6 Å². The Kier molecular flexibility index (Phi) is 2.94. The summed E-state index contributed by atoms with van der Waals surface area (Å²) in [6.45, 7) is 0.969. The van der Waals surface area contributed by atoms with Gasteiger partial charge in [0.05, 0.1) is 4.92 Å². The Bertz CT molecular complexity index is 441. The fourth-order valence-electron chi connectivity index (χ4n) is 2.73. The summed E-state index contributed by atoms with van der Waals surface area (Å²) < 4.78 is 0.